The second-order valence-electron chi connectivity index (χ2n) is 9.67. The van der Waals surface area contributed by atoms with Crippen molar-refractivity contribution in [1.29, 1.82) is 0 Å². The Labute approximate surface area is 222 Å². The van der Waals surface area contributed by atoms with Crippen LogP contribution in [0.25, 0.3) is 44.1 Å². The molecule has 2 heterocycles. The van der Waals surface area contributed by atoms with Crippen molar-refractivity contribution >= 4 is 44.3 Å². The van der Waals surface area contributed by atoms with Crippen molar-refractivity contribution < 1.29 is 0 Å². The van der Waals surface area contributed by atoms with E-state index in [9.17, 15) is 0 Å². The predicted octanol–water partition coefficient (Wildman–Crippen LogP) is 9.75. The highest BCUT2D eigenvalue weighted by Gasteiger charge is 2.15. The van der Waals surface area contributed by atoms with Crippen molar-refractivity contribution in [2.45, 2.75) is 0 Å². The van der Waals surface area contributed by atoms with Gasteiger partial charge < -0.3 is 9.88 Å². The summed E-state index contributed by atoms with van der Waals surface area (Å²) in [7, 11) is 0. The number of nitrogens with zero attached hydrogens (tertiary/aromatic N) is 1. The quantitative estimate of drug-likeness (QED) is 0.264. The van der Waals surface area contributed by atoms with Gasteiger partial charge in [-0.2, -0.15) is 0 Å². The molecule has 1 aliphatic heterocycles. The maximum Gasteiger partial charge on any atom is 0.0533 e. The Bertz CT molecular complexity index is 1870. The van der Waals surface area contributed by atoms with Gasteiger partial charge in [0.05, 0.1) is 5.69 Å². The molecule has 38 heavy (non-hydrogen) atoms. The number of hydrogen-bond donors (Lipinski definition) is 1. The topological polar surface area (TPSA) is 19.0 Å². The molecule has 0 unspecified atom stereocenters. The molecule has 1 aromatic heterocycles. The lowest BCUT2D eigenvalue weighted by molar-refractivity contribution is 1.27. The molecule has 5 aromatic carbocycles. The molecular formula is C36H26N2. The van der Waals surface area contributed by atoms with Gasteiger partial charge in [0.1, 0.15) is 0 Å². The third-order valence-electron chi connectivity index (χ3n) is 7.33. The van der Waals surface area contributed by atoms with Gasteiger partial charge >= 0.3 is 0 Å². The number of aromatic amines is 1. The average molecular weight is 487 g/mol. The van der Waals surface area contributed by atoms with Crippen LogP contribution in [-0.4, -0.2) is 4.98 Å². The van der Waals surface area contributed by atoms with Crippen LogP contribution in [0, 0.1) is 0 Å². The van der Waals surface area contributed by atoms with E-state index in [0.717, 1.165) is 39.2 Å². The molecule has 6 aromatic rings. The van der Waals surface area contributed by atoms with Crippen molar-refractivity contribution in [3.05, 3.63) is 157 Å². The summed E-state index contributed by atoms with van der Waals surface area (Å²) in [5.74, 6) is 0. The van der Waals surface area contributed by atoms with Gasteiger partial charge in [-0.1, -0.05) is 91.5 Å². The molecule has 2 nitrogen and oxygen atoms in total. The highest BCUT2D eigenvalue weighted by atomic mass is 15.1. The number of H-pyrrole nitrogens is 1. The third kappa shape index (κ3) is 3.84. The van der Waals surface area contributed by atoms with Crippen LogP contribution in [0.4, 0.5) is 11.4 Å². The molecule has 1 aliphatic rings. The molecule has 0 radical (unpaired) electrons. The number of rotatable bonds is 3. The van der Waals surface area contributed by atoms with Crippen LogP contribution in [0.3, 0.4) is 0 Å². The number of benzene rings is 5. The van der Waals surface area contributed by atoms with E-state index >= 15 is 0 Å². The van der Waals surface area contributed by atoms with Gasteiger partial charge in [-0.15, -0.1) is 0 Å². The SMILES string of the molecule is C=C1/C=C(c2ccc(-c3ccc4[nH]c5ccccc5c4c3)cc2)\C=C/N(c2ccccc2)c2ccccc21. The van der Waals surface area contributed by atoms with Gasteiger partial charge in [-0.05, 0) is 76.4 Å². The molecule has 0 atom stereocenters. The molecule has 0 saturated heterocycles. The lowest BCUT2D eigenvalue weighted by Crippen LogP contribution is -2.11. The van der Waals surface area contributed by atoms with Crippen molar-refractivity contribution in [3.8, 4) is 11.1 Å². The van der Waals surface area contributed by atoms with Gasteiger partial charge in [0, 0.05) is 39.3 Å². The smallest absolute Gasteiger partial charge is 0.0533 e. The number of para-hydroxylation sites is 3. The number of hydrogen-bond acceptors (Lipinski definition) is 1. The second-order valence-corrected chi connectivity index (χ2v) is 9.67. The van der Waals surface area contributed by atoms with E-state index in [4.69, 9.17) is 0 Å². The molecule has 0 amide bonds. The molecule has 0 aliphatic carbocycles. The van der Waals surface area contributed by atoms with Crippen molar-refractivity contribution in [1.82, 2.24) is 4.98 Å². The fraction of sp³-hybridized carbons (Fsp3) is 0. The Morgan fingerprint density at radius 1 is 0.579 bits per heavy atom. The first-order valence-electron chi connectivity index (χ1n) is 12.9. The minimum absolute atomic E-state index is 0.995. The Morgan fingerprint density at radius 3 is 2.13 bits per heavy atom. The van der Waals surface area contributed by atoms with Gasteiger partial charge in [-0.25, -0.2) is 0 Å². The van der Waals surface area contributed by atoms with Crippen LogP contribution in [0.2, 0.25) is 0 Å². The number of allylic oxidation sites excluding steroid dienone is 4. The number of fused-ring (bicyclic) bond motifs is 4. The maximum absolute atomic E-state index is 4.43. The van der Waals surface area contributed by atoms with Gasteiger partial charge in [0.2, 0.25) is 0 Å². The molecule has 1 N–H and O–H groups in total. The number of anilines is 2. The van der Waals surface area contributed by atoms with Crippen molar-refractivity contribution in [2.24, 2.45) is 0 Å². The zero-order chi connectivity index (χ0) is 25.5. The van der Waals surface area contributed by atoms with Crippen LogP contribution >= 0.6 is 0 Å². The van der Waals surface area contributed by atoms with Crippen LogP contribution < -0.4 is 4.90 Å². The lowest BCUT2D eigenvalue weighted by atomic mass is 9.95. The Hall–Kier alpha value is -5.08. The first-order valence-corrected chi connectivity index (χ1v) is 12.9. The first-order chi connectivity index (χ1) is 18.7. The first kappa shape index (κ1) is 22.1. The zero-order valence-corrected chi connectivity index (χ0v) is 20.9. The molecule has 0 fully saturated rings. The highest BCUT2D eigenvalue weighted by Crippen LogP contribution is 2.37. The Kier molecular flexibility index (Phi) is 5.30. The van der Waals surface area contributed by atoms with Gasteiger partial charge in [0.25, 0.3) is 0 Å². The number of nitrogens with one attached hydrogen (secondary N) is 1. The molecule has 180 valence electrons. The minimum Gasteiger partial charge on any atom is -0.355 e. The summed E-state index contributed by atoms with van der Waals surface area (Å²) < 4.78 is 0. The van der Waals surface area contributed by atoms with Gasteiger partial charge in [-0.3, -0.25) is 0 Å². The maximum atomic E-state index is 4.43. The molecule has 2 heteroatoms. The molecular weight excluding hydrogens is 460 g/mol. The van der Waals surface area contributed by atoms with Crippen LogP contribution in [0.5, 0.6) is 0 Å². The van der Waals surface area contributed by atoms with E-state index in [-0.39, 0.29) is 0 Å². The second kappa shape index (κ2) is 9.10. The highest BCUT2D eigenvalue weighted by molar-refractivity contribution is 6.08. The van der Waals surface area contributed by atoms with E-state index in [1.165, 1.54) is 27.4 Å². The van der Waals surface area contributed by atoms with Crippen LogP contribution in [0.15, 0.2) is 146 Å². The Morgan fingerprint density at radius 2 is 1.26 bits per heavy atom. The largest absolute Gasteiger partial charge is 0.355 e. The van der Waals surface area contributed by atoms with Crippen LogP contribution in [-0.2, 0) is 0 Å². The van der Waals surface area contributed by atoms with E-state index in [1.807, 2.05) is 6.07 Å². The fourth-order valence-corrected chi connectivity index (χ4v) is 5.38. The normalized spacial score (nSPS) is 15.5. The van der Waals surface area contributed by atoms with Crippen LogP contribution in [0.1, 0.15) is 11.1 Å². The predicted molar refractivity (Wildman–Crippen MR) is 162 cm³/mol. The summed E-state index contributed by atoms with van der Waals surface area (Å²) in [6, 6.07) is 42.9. The van der Waals surface area contributed by atoms with Gasteiger partial charge in [0.15, 0.2) is 0 Å². The lowest BCUT2D eigenvalue weighted by Gasteiger charge is -2.26. The molecule has 7 rings (SSSR count). The summed E-state index contributed by atoms with van der Waals surface area (Å²) in [4.78, 5) is 5.75. The third-order valence-corrected chi connectivity index (χ3v) is 7.33. The van der Waals surface area contributed by atoms with E-state index in [0.29, 0.717) is 0 Å². The van der Waals surface area contributed by atoms with Crippen molar-refractivity contribution in [3.63, 3.8) is 0 Å². The molecule has 0 spiro atoms. The summed E-state index contributed by atoms with van der Waals surface area (Å²) >= 11 is 0. The fourth-order valence-electron chi connectivity index (χ4n) is 5.38. The van der Waals surface area contributed by atoms with E-state index < -0.39 is 0 Å². The van der Waals surface area contributed by atoms with E-state index in [1.54, 1.807) is 0 Å². The average Bonchev–Trinajstić information content (AvgIpc) is 3.34. The summed E-state index contributed by atoms with van der Waals surface area (Å²) in [6.45, 7) is 4.43. The van der Waals surface area contributed by atoms with E-state index in [2.05, 4.69) is 150 Å². The number of aromatic nitrogens is 1. The molecule has 0 bridgehead atoms. The zero-order valence-electron chi connectivity index (χ0n) is 20.9. The standard InChI is InChI=1S/C36H26N2/c1-25-23-29(21-22-38(30-9-3-2-4-10-30)36-14-8-6-11-31(25)36)27-17-15-26(16-18-27)28-19-20-35-33(24-28)32-12-5-7-13-34(32)37-35/h2-24,37H,1H2/b22-21-,29-23+. The Balaban J connectivity index is 1.26. The molecule has 0 saturated carbocycles. The monoisotopic (exact) mass is 486 g/mol. The summed E-state index contributed by atoms with van der Waals surface area (Å²) in [5.41, 5.74) is 11.4. The van der Waals surface area contributed by atoms with Crippen molar-refractivity contribution in [2.75, 3.05) is 4.90 Å². The summed E-state index contributed by atoms with van der Waals surface area (Å²) in [6.07, 6.45) is 6.52. The minimum atomic E-state index is 0.995. The summed E-state index contributed by atoms with van der Waals surface area (Å²) in [5, 5.41) is 2.51.